The molecule has 0 aromatic carbocycles. The first-order chi connectivity index (χ1) is 7.10. The number of rotatable bonds is 5. The van der Waals surface area contributed by atoms with E-state index in [1.54, 1.807) is 5.48 Å². The summed E-state index contributed by atoms with van der Waals surface area (Å²) in [5, 5.41) is 8.71. The van der Waals surface area contributed by atoms with Crippen LogP contribution in [0.1, 0.15) is 0 Å². The minimum absolute atomic E-state index is 0.0360. The molecule has 77 valence electrons. The minimum Gasteiger partial charge on any atom is -0.377 e. The van der Waals surface area contributed by atoms with E-state index in [1.165, 1.54) is 0 Å². The van der Waals surface area contributed by atoms with Gasteiger partial charge in [0.1, 0.15) is 20.1 Å². The summed E-state index contributed by atoms with van der Waals surface area (Å²) in [7, 11) is 8.66. The normalized spacial score (nSPS) is 40.6. The van der Waals surface area contributed by atoms with E-state index < -0.39 is 34.5 Å². The molecule has 9 heteroatoms. The lowest BCUT2D eigenvalue weighted by molar-refractivity contribution is 0.0194. The molecule has 0 aliphatic carbocycles. The summed E-state index contributed by atoms with van der Waals surface area (Å²) >= 11 is 0. The van der Waals surface area contributed by atoms with E-state index in [0.717, 1.165) is 7.09 Å². The zero-order valence-corrected chi connectivity index (χ0v) is 9.04. The highest BCUT2D eigenvalue weighted by Gasteiger charge is 2.42. The fraction of sp³-hybridized carbons (Fsp3) is 1.00. The number of nitrogens with one attached hydrogen (secondary N) is 1. The predicted molar refractivity (Wildman–Crippen MR) is 56.8 cm³/mol. The zero-order chi connectivity index (χ0) is 11.4. The molecule has 0 bridgehead atoms. The van der Waals surface area contributed by atoms with E-state index in [2.05, 4.69) is 8.02 Å². The highest BCUT2D eigenvalue weighted by molar-refractivity contribution is 8.27. The molecule has 4 nitrogen and oxygen atoms in total. The molecule has 0 saturated carbocycles. The van der Waals surface area contributed by atoms with E-state index >= 15 is 0 Å². The van der Waals surface area contributed by atoms with Crippen molar-refractivity contribution in [2.75, 3.05) is 6.61 Å². The lowest BCUT2D eigenvalue weighted by Crippen LogP contribution is -2.43. The number of halogens is 1. The van der Waals surface area contributed by atoms with Crippen molar-refractivity contribution >= 4 is 33.2 Å². The molecule has 0 spiro atoms. The molecule has 1 fully saturated rings. The highest BCUT2D eigenvalue weighted by Crippen LogP contribution is 2.22. The molecule has 3 radical (unpaired) electrons. The summed E-state index contributed by atoms with van der Waals surface area (Å²) in [5.74, 6) is 0. The average molecular weight is 238 g/mol. The molecule has 0 aromatic rings. The van der Waals surface area contributed by atoms with Gasteiger partial charge in [0.2, 0.25) is 7.09 Å². The average Bonchev–Trinajstić information content (AvgIpc) is 2.51. The molecule has 1 aliphatic heterocycles. The second-order valence-electron chi connectivity index (χ2n) is 2.82. The zero-order valence-electron chi connectivity index (χ0n) is 8.22. The van der Waals surface area contributed by atoms with Crippen LogP contribution in [0.3, 0.4) is 0 Å². The van der Waals surface area contributed by atoms with Crippen molar-refractivity contribution in [1.29, 1.82) is 1.34 Å². The molecule has 1 aliphatic rings. The van der Waals surface area contributed by atoms with Crippen molar-refractivity contribution < 1.29 is 18.5 Å². The number of ether oxygens (including phenoxy) is 1. The fourth-order valence-electron chi connectivity index (χ4n) is 1.21. The van der Waals surface area contributed by atoms with Crippen molar-refractivity contribution in [2.45, 2.75) is 24.3 Å². The molecular weight excluding hydrogens is 226 g/mol. The third-order valence-corrected chi connectivity index (χ3v) is 2.64. The molecule has 2 unspecified atom stereocenters. The third-order valence-electron chi connectivity index (χ3n) is 1.90. The van der Waals surface area contributed by atoms with Gasteiger partial charge in [0.15, 0.2) is 0 Å². The maximum Gasteiger partial charge on any atom is 0.205 e. The van der Waals surface area contributed by atoms with Crippen LogP contribution in [0.15, 0.2) is 0 Å². The molecule has 5 atom stereocenters. The number of hydroxylamine groups is 1. The van der Waals surface area contributed by atoms with Crippen LogP contribution in [0.4, 0.5) is 4.39 Å². The van der Waals surface area contributed by atoms with Gasteiger partial charge in [-0.15, -0.1) is 0 Å². The largest absolute Gasteiger partial charge is 0.377 e. The summed E-state index contributed by atoms with van der Waals surface area (Å²) in [6, 6.07) is -1.98. The lowest BCUT2D eigenvalue weighted by Gasteiger charge is -2.17. The Hall–Kier alpha value is 0.550. The molecule has 2 N–H and O–H groups in total. The summed E-state index contributed by atoms with van der Waals surface area (Å²) in [6.07, 6.45) is -2.16. The molecule has 1 heterocycles. The van der Waals surface area contributed by atoms with Crippen LogP contribution in [0.25, 0.3) is 0 Å². The van der Waals surface area contributed by atoms with Crippen LogP contribution in [-0.4, -0.2) is 52.4 Å². The molecule has 0 aromatic heterocycles. The molecule has 14 heavy (non-hydrogen) atoms. The topological polar surface area (TPSA) is 50.7 Å². The second-order valence-corrected chi connectivity index (χ2v) is 4.86. The van der Waals surface area contributed by atoms with Gasteiger partial charge in [-0.05, 0) is 1.34 Å². The Morgan fingerprint density at radius 3 is 3.21 bits per heavy atom. The third kappa shape index (κ3) is 3.02. The summed E-state index contributed by atoms with van der Waals surface area (Å²) in [5.41, 5.74) is 1.81. The maximum atomic E-state index is 13.3. The first-order valence-corrected chi connectivity index (χ1v) is 6.28. The van der Waals surface area contributed by atoms with Crippen molar-refractivity contribution in [2.24, 2.45) is 0 Å². The van der Waals surface area contributed by atoms with E-state index in [4.69, 9.17) is 23.3 Å². The van der Waals surface area contributed by atoms with E-state index in [9.17, 15) is 4.39 Å². The van der Waals surface area contributed by atoms with Gasteiger partial charge in [0, 0.05) is 6.00 Å². The van der Waals surface area contributed by atoms with Crippen LogP contribution in [0, 0.1) is 0 Å². The Bertz CT molecular complexity index is 244. The van der Waals surface area contributed by atoms with Crippen molar-refractivity contribution in [3.05, 3.63) is 0 Å². The molecular formula is C5H10B2FNO3PS. The highest BCUT2D eigenvalue weighted by atomic mass is 32.5. The monoisotopic (exact) mass is 238 g/mol. The van der Waals surface area contributed by atoms with E-state index in [1.807, 2.05) is 0 Å². The van der Waals surface area contributed by atoms with Crippen LogP contribution in [-0.2, 0) is 19.1 Å². The van der Waals surface area contributed by atoms with Gasteiger partial charge in [-0.2, -0.15) is 5.48 Å². The Labute approximate surface area is 90.0 Å². The Morgan fingerprint density at radius 2 is 2.64 bits per heavy atom. The van der Waals surface area contributed by atoms with Gasteiger partial charge in [0.05, 0.1) is 12.6 Å². The Balaban J connectivity index is 2.44. The van der Waals surface area contributed by atoms with Gasteiger partial charge >= 0.3 is 0 Å². The predicted octanol–water partition coefficient (Wildman–Crippen LogP) is -1.01. The minimum atomic E-state index is -1.49. The van der Waals surface area contributed by atoms with Gasteiger partial charge in [-0.1, -0.05) is 18.2 Å². The smallest absolute Gasteiger partial charge is 0.205 e. The van der Waals surface area contributed by atoms with E-state index in [-0.39, 0.29) is 6.61 Å². The standard InChI is InChI=1S/C5H10B2FNO3PS/c6-5-3(8)4(9-10)2(12-5)1-11-14(7)13/h2-5,7,9-10,13H,1H2/t2-,3?,4+,5-,14?/m1/s1/i7T. The SMILES string of the molecule is [3H][B]S(=P)OC[C@H]1O[C@@H]([B])C(F)[C@H]1NO. The Kier molecular flexibility index (Phi) is 4.41. The van der Waals surface area contributed by atoms with Crippen LogP contribution < -0.4 is 5.48 Å². The lowest BCUT2D eigenvalue weighted by atomic mass is 9.93. The summed E-state index contributed by atoms with van der Waals surface area (Å²) < 4.78 is 30.3. The van der Waals surface area contributed by atoms with Crippen molar-refractivity contribution in [1.82, 2.24) is 5.48 Å². The first kappa shape index (κ1) is 11.0. The molecule has 0 amide bonds. The van der Waals surface area contributed by atoms with Gasteiger partial charge < -0.3 is 14.1 Å². The summed E-state index contributed by atoms with van der Waals surface area (Å²) in [4.78, 5) is 0. The van der Waals surface area contributed by atoms with Crippen LogP contribution in [0.5, 0.6) is 0 Å². The summed E-state index contributed by atoms with van der Waals surface area (Å²) in [6.45, 7) is 0.0360. The molecule has 1 rings (SSSR count). The number of hydrogen-bond acceptors (Lipinski definition) is 4. The maximum absolute atomic E-state index is 13.3. The van der Waals surface area contributed by atoms with Crippen LogP contribution >= 0.6 is 8.02 Å². The van der Waals surface area contributed by atoms with Gasteiger partial charge in [-0.25, -0.2) is 4.39 Å². The number of hydrogen-bond donors (Lipinski definition) is 2. The number of alkyl halides is 1. The van der Waals surface area contributed by atoms with Crippen molar-refractivity contribution in [3.8, 4) is 0 Å². The molecule has 1 saturated heterocycles. The van der Waals surface area contributed by atoms with E-state index in [0.29, 0.717) is 0 Å². The van der Waals surface area contributed by atoms with Gasteiger partial charge in [0.25, 0.3) is 0 Å². The van der Waals surface area contributed by atoms with Crippen LogP contribution in [0.2, 0.25) is 0 Å². The quantitative estimate of drug-likeness (QED) is 0.366. The first-order valence-electron chi connectivity index (χ1n) is 4.42. The second kappa shape index (κ2) is 5.58. The fourth-order valence-corrected chi connectivity index (χ4v) is 1.69. The van der Waals surface area contributed by atoms with Gasteiger partial charge in [-0.3, -0.25) is 0 Å². The van der Waals surface area contributed by atoms with Crippen molar-refractivity contribution in [3.63, 3.8) is 0 Å². The Morgan fingerprint density at radius 1 is 1.93 bits per heavy atom.